The van der Waals surface area contributed by atoms with Crippen LogP contribution in [-0.2, 0) is 0 Å². The normalized spacial score (nSPS) is 10.3. The summed E-state index contributed by atoms with van der Waals surface area (Å²) in [7, 11) is 4.30. The molecule has 0 saturated carbocycles. The second-order valence-electron chi connectivity index (χ2n) is 3.82. The van der Waals surface area contributed by atoms with Gasteiger partial charge in [0.05, 0.1) is 0 Å². The lowest BCUT2D eigenvalue weighted by atomic mass is 10.1. The van der Waals surface area contributed by atoms with Crippen LogP contribution in [0.25, 0.3) is 10.8 Å². The maximum Gasteiger partial charge on any atom is 0.0440 e. The van der Waals surface area contributed by atoms with Crippen molar-refractivity contribution in [2.75, 3.05) is 19.0 Å². The van der Waals surface area contributed by atoms with E-state index in [1.165, 1.54) is 21.6 Å². The van der Waals surface area contributed by atoms with Crippen LogP contribution < -0.4 is 10.1 Å². The second-order valence-corrected chi connectivity index (χ2v) is 4.85. The third-order valence-corrected chi connectivity index (χ3v) is 3.58. The Morgan fingerprint density at radius 3 is 2.33 bits per heavy atom. The topological polar surface area (TPSA) is 3.24 Å². The van der Waals surface area contributed by atoms with Crippen LogP contribution in [0.1, 0.15) is 0 Å². The van der Waals surface area contributed by atoms with Crippen LogP contribution in [0.5, 0.6) is 0 Å². The molecule has 0 atom stereocenters. The minimum absolute atomic E-state index is 0.133. The summed E-state index contributed by atoms with van der Waals surface area (Å²) in [4.78, 5) is 2.16. The summed E-state index contributed by atoms with van der Waals surface area (Å²) in [6, 6.07) is 13.0. The third kappa shape index (κ3) is 1.73. The molecule has 0 aliphatic rings. The van der Waals surface area contributed by atoms with Gasteiger partial charge in [-0.3, -0.25) is 0 Å². The molecule has 0 amide bonds. The highest BCUT2D eigenvalue weighted by Gasteiger charge is 2.03. The molecule has 2 aromatic rings. The van der Waals surface area contributed by atoms with Crippen LogP contribution in [0, 0.1) is 0 Å². The molecule has 2 heteroatoms. The summed E-state index contributed by atoms with van der Waals surface area (Å²) in [5, 5.41) is 4.08. The largest absolute Gasteiger partial charge is 0.377 e. The van der Waals surface area contributed by atoms with Crippen LogP contribution in [0.15, 0.2) is 36.4 Å². The zero-order chi connectivity index (χ0) is 10.8. The molecule has 15 heavy (non-hydrogen) atoms. The van der Waals surface area contributed by atoms with E-state index >= 15 is 0 Å². The number of hydrogen-bond acceptors (Lipinski definition) is 1. The SMILES string of the molecule is C=[SiH]c1cccc2c(N(C)C)cccc12. The van der Waals surface area contributed by atoms with Gasteiger partial charge in [-0.15, -0.1) is 6.17 Å². The fraction of sp³-hybridized carbons (Fsp3) is 0.154. The zero-order valence-electron chi connectivity index (χ0n) is 9.20. The number of rotatable bonds is 2. The number of hydrogen-bond donors (Lipinski definition) is 0. The molecule has 0 heterocycles. The first kappa shape index (κ1) is 10.1. The van der Waals surface area contributed by atoms with Crippen molar-refractivity contribution in [3.8, 4) is 0 Å². The molecule has 0 unspecified atom stereocenters. The Kier molecular flexibility index (Phi) is 2.69. The molecule has 0 aliphatic heterocycles. The van der Waals surface area contributed by atoms with E-state index in [2.05, 4.69) is 61.6 Å². The van der Waals surface area contributed by atoms with E-state index in [0.29, 0.717) is 0 Å². The molecule has 0 fully saturated rings. The first-order valence-electron chi connectivity index (χ1n) is 5.05. The highest BCUT2D eigenvalue weighted by atomic mass is 28.2. The van der Waals surface area contributed by atoms with E-state index in [1.807, 2.05) is 0 Å². The molecule has 0 bridgehead atoms. The number of fused-ring (bicyclic) bond motifs is 1. The van der Waals surface area contributed by atoms with Crippen LogP contribution in [-0.4, -0.2) is 29.4 Å². The molecule has 2 aromatic carbocycles. The van der Waals surface area contributed by atoms with Gasteiger partial charge in [-0.05, 0) is 16.6 Å². The first-order chi connectivity index (χ1) is 7.24. The molecule has 0 spiro atoms. The smallest absolute Gasteiger partial charge is 0.0440 e. The molecule has 2 rings (SSSR count). The minimum atomic E-state index is 0.133. The highest BCUT2D eigenvalue weighted by molar-refractivity contribution is 6.59. The monoisotopic (exact) mass is 213 g/mol. The summed E-state index contributed by atoms with van der Waals surface area (Å²) in [6.07, 6.45) is 4.05. The van der Waals surface area contributed by atoms with E-state index in [-0.39, 0.29) is 9.13 Å². The molecular formula is C13H15NSi. The molecule has 1 nitrogen and oxygen atoms in total. The van der Waals surface area contributed by atoms with Crippen LogP contribution in [0.4, 0.5) is 5.69 Å². The van der Waals surface area contributed by atoms with E-state index in [4.69, 9.17) is 0 Å². The summed E-state index contributed by atoms with van der Waals surface area (Å²) < 4.78 is 0. The Hall–Kier alpha value is -1.41. The van der Waals surface area contributed by atoms with Crippen LogP contribution in [0.3, 0.4) is 0 Å². The fourth-order valence-corrected chi connectivity index (χ4v) is 2.60. The average Bonchev–Trinajstić information content (AvgIpc) is 2.27. The van der Waals surface area contributed by atoms with Crippen molar-refractivity contribution in [2.24, 2.45) is 0 Å². The Morgan fingerprint density at radius 1 is 1.00 bits per heavy atom. The zero-order valence-corrected chi connectivity index (χ0v) is 10.4. The van der Waals surface area contributed by atoms with Gasteiger partial charge in [0.25, 0.3) is 0 Å². The molecule has 76 valence electrons. The Bertz CT molecular complexity index is 503. The molecule has 0 aromatic heterocycles. The number of anilines is 1. The third-order valence-electron chi connectivity index (χ3n) is 2.63. The summed E-state index contributed by atoms with van der Waals surface area (Å²) in [6.45, 7) is 0. The Morgan fingerprint density at radius 2 is 1.67 bits per heavy atom. The van der Waals surface area contributed by atoms with Crippen LogP contribution in [0.2, 0.25) is 0 Å². The molecule has 0 radical (unpaired) electrons. The number of benzene rings is 2. The van der Waals surface area contributed by atoms with Gasteiger partial charge in [0.2, 0.25) is 0 Å². The van der Waals surface area contributed by atoms with Gasteiger partial charge < -0.3 is 4.90 Å². The highest BCUT2D eigenvalue weighted by Crippen LogP contribution is 2.23. The van der Waals surface area contributed by atoms with E-state index in [9.17, 15) is 0 Å². The Balaban J connectivity index is 2.82. The maximum atomic E-state index is 4.05. The van der Waals surface area contributed by atoms with Crippen molar-refractivity contribution in [1.82, 2.24) is 0 Å². The molecule has 0 N–H and O–H groups in total. The van der Waals surface area contributed by atoms with Crippen molar-refractivity contribution in [3.05, 3.63) is 36.4 Å². The number of nitrogens with zero attached hydrogens (tertiary/aromatic N) is 1. The summed E-state index contributed by atoms with van der Waals surface area (Å²) >= 11 is 0. The first-order valence-corrected chi connectivity index (χ1v) is 6.45. The van der Waals surface area contributed by atoms with Crippen molar-refractivity contribution < 1.29 is 0 Å². The lowest BCUT2D eigenvalue weighted by Gasteiger charge is -2.16. The quantitative estimate of drug-likeness (QED) is 0.682. The summed E-state index contributed by atoms with van der Waals surface area (Å²) in [5.74, 6) is 0. The van der Waals surface area contributed by atoms with Gasteiger partial charge in [-0.1, -0.05) is 30.3 Å². The van der Waals surface area contributed by atoms with Crippen molar-refractivity contribution in [1.29, 1.82) is 0 Å². The average molecular weight is 213 g/mol. The lowest BCUT2D eigenvalue weighted by Crippen LogP contribution is -2.12. The van der Waals surface area contributed by atoms with E-state index in [0.717, 1.165) is 0 Å². The van der Waals surface area contributed by atoms with Crippen molar-refractivity contribution in [2.45, 2.75) is 0 Å². The molecule has 0 aliphatic carbocycles. The standard InChI is InChI=1S/C13H15NSi/c1-14(2)12-8-4-7-11-10(12)6-5-9-13(11)15-3/h4-9,15H,3H2,1-2H3. The lowest BCUT2D eigenvalue weighted by molar-refractivity contribution is 1.14. The van der Waals surface area contributed by atoms with Gasteiger partial charge in [0, 0.05) is 34.3 Å². The second kappa shape index (κ2) is 3.99. The summed E-state index contributed by atoms with van der Waals surface area (Å²) in [5.41, 5.74) is 1.28. The van der Waals surface area contributed by atoms with Crippen molar-refractivity contribution in [3.63, 3.8) is 0 Å². The maximum absolute atomic E-state index is 4.05. The minimum Gasteiger partial charge on any atom is -0.377 e. The van der Waals surface area contributed by atoms with Crippen molar-refractivity contribution >= 4 is 37.0 Å². The van der Waals surface area contributed by atoms with E-state index < -0.39 is 0 Å². The molecular weight excluding hydrogens is 198 g/mol. The fourth-order valence-electron chi connectivity index (χ4n) is 1.89. The van der Waals surface area contributed by atoms with Gasteiger partial charge in [0.15, 0.2) is 0 Å². The van der Waals surface area contributed by atoms with Gasteiger partial charge in [0.1, 0.15) is 0 Å². The predicted octanol–water partition coefficient (Wildman–Crippen LogP) is 1.40. The van der Waals surface area contributed by atoms with Gasteiger partial charge >= 0.3 is 0 Å². The predicted molar refractivity (Wildman–Crippen MR) is 72.2 cm³/mol. The van der Waals surface area contributed by atoms with E-state index in [1.54, 1.807) is 0 Å². The van der Waals surface area contributed by atoms with Gasteiger partial charge in [-0.25, -0.2) is 0 Å². The molecule has 0 saturated heterocycles. The van der Waals surface area contributed by atoms with Gasteiger partial charge in [-0.2, -0.15) is 0 Å². The van der Waals surface area contributed by atoms with Crippen LogP contribution >= 0.6 is 0 Å². The Labute approximate surface area is 92.8 Å².